The van der Waals surface area contributed by atoms with E-state index >= 15 is 0 Å². The number of carbonyl (C=O) groups excluding carboxylic acids is 1. The van der Waals surface area contributed by atoms with Crippen LogP contribution in [-0.4, -0.2) is 23.0 Å². The molecule has 0 saturated heterocycles. The van der Waals surface area contributed by atoms with E-state index in [1.807, 2.05) is 19.1 Å². The molecule has 2 aromatic rings. The number of hydrogen-bond donors (Lipinski definition) is 0. The first-order valence-corrected chi connectivity index (χ1v) is 9.67. The van der Waals surface area contributed by atoms with Gasteiger partial charge in [-0.25, -0.2) is 0 Å². The molecule has 0 spiro atoms. The minimum atomic E-state index is -0.540. The van der Waals surface area contributed by atoms with E-state index in [2.05, 4.69) is 60.4 Å². The molecule has 0 N–H and O–H groups in total. The van der Waals surface area contributed by atoms with Gasteiger partial charge in [0.05, 0.1) is 6.61 Å². The average molecular weight is 351 g/mol. The molecule has 1 fully saturated rings. The van der Waals surface area contributed by atoms with Gasteiger partial charge in [-0.1, -0.05) is 74.0 Å². The van der Waals surface area contributed by atoms with E-state index in [-0.39, 0.29) is 11.9 Å². The van der Waals surface area contributed by atoms with Crippen molar-refractivity contribution in [3.05, 3.63) is 71.8 Å². The third-order valence-electron chi connectivity index (χ3n) is 5.64. The Morgan fingerprint density at radius 3 is 2.00 bits per heavy atom. The van der Waals surface area contributed by atoms with Crippen molar-refractivity contribution >= 4 is 5.97 Å². The Morgan fingerprint density at radius 2 is 1.58 bits per heavy atom. The second-order valence-corrected chi connectivity index (χ2v) is 7.27. The van der Waals surface area contributed by atoms with Crippen LogP contribution in [0.1, 0.15) is 44.2 Å². The minimum absolute atomic E-state index is 0.0585. The Hall–Kier alpha value is -2.13. The maximum absolute atomic E-state index is 13.1. The van der Waals surface area contributed by atoms with Crippen LogP contribution in [0, 0.1) is 5.92 Å². The van der Waals surface area contributed by atoms with Crippen LogP contribution in [0.5, 0.6) is 0 Å². The lowest BCUT2D eigenvalue weighted by Crippen LogP contribution is -2.56. The maximum atomic E-state index is 13.1. The summed E-state index contributed by atoms with van der Waals surface area (Å²) >= 11 is 0. The fourth-order valence-electron chi connectivity index (χ4n) is 4.27. The van der Waals surface area contributed by atoms with Crippen molar-refractivity contribution in [3.63, 3.8) is 0 Å². The molecule has 138 valence electrons. The van der Waals surface area contributed by atoms with Gasteiger partial charge in [-0.3, -0.25) is 9.69 Å². The lowest BCUT2D eigenvalue weighted by atomic mass is 9.85. The molecule has 0 bridgehead atoms. The van der Waals surface area contributed by atoms with Gasteiger partial charge >= 0.3 is 5.97 Å². The summed E-state index contributed by atoms with van der Waals surface area (Å²) in [5.41, 5.74) is 1.92. The van der Waals surface area contributed by atoms with Gasteiger partial charge in [0.25, 0.3) is 0 Å². The highest BCUT2D eigenvalue weighted by Crippen LogP contribution is 2.43. The molecule has 0 amide bonds. The standard InChI is InChI=1S/C23H29NO2/c1-3-26-22(25)23(16-10-11-19(23)2)24(17-20-12-6-4-7-13-20)18-21-14-8-5-9-15-21/h4-9,12-15,19H,3,10-11,16-18H2,1-2H3. The van der Waals surface area contributed by atoms with Gasteiger partial charge in [0, 0.05) is 13.1 Å². The predicted molar refractivity (Wildman–Crippen MR) is 105 cm³/mol. The van der Waals surface area contributed by atoms with Gasteiger partial charge in [0.1, 0.15) is 5.54 Å². The Kier molecular flexibility index (Phi) is 6.10. The number of nitrogens with zero attached hydrogens (tertiary/aromatic N) is 1. The van der Waals surface area contributed by atoms with Crippen molar-refractivity contribution in [2.45, 2.75) is 51.7 Å². The van der Waals surface area contributed by atoms with Crippen LogP contribution >= 0.6 is 0 Å². The van der Waals surface area contributed by atoms with Gasteiger partial charge in [-0.05, 0) is 36.8 Å². The Bertz CT molecular complexity index is 659. The van der Waals surface area contributed by atoms with Crippen molar-refractivity contribution in [2.75, 3.05) is 6.61 Å². The van der Waals surface area contributed by atoms with Crippen molar-refractivity contribution in [2.24, 2.45) is 5.92 Å². The molecule has 2 atom stereocenters. The number of rotatable bonds is 7. The number of ether oxygens (including phenoxy) is 1. The quantitative estimate of drug-likeness (QED) is 0.670. The fraction of sp³-hybridized carbons (Fsp3) is 0.435. The molecule has 3 heteroatoms. The molecule has 0 heterocycles. The molecule has 1 saturated carbocycles. The molecular formula is C23H29NO2. The lowest BCUT2D eigenvalue weighted by molar-refractivity contribution is -0.162. The lowest BCUT2D eigenvalue weighted by Gasteiger charge is -2.42. The van der Waals surface area contributed by atoms with E-state index in [9.17, 15) is 4.79 Å². The molecule has 26 heavy (non-hydrogen) atoms. The zero-order valence-electron chi connectivity index (χ0n) is 15.9. The van der Waals surface area contributed by atoms with Crippen LogP contribution in [0.3, 0.4) is 0 Å². The number of benzene rings is 2. The number of carbonyl (C=O) groups is 1. The summed E-state index contributed by atoms with van der Waals surface area (Å²) in [6, 6.07) is 20.8. The van der Waals surface area contributed by atoms with Gasteiger partial charge < -0.3 is 4.74 Å². The van der Waals surface area contributed by atoms with Gasteiger partial charge in [-0.15, -0.1) is 0 Å². The normalized spacial score (nSPS) is 22.5. The highest BCUT2D eigenvalue weighted by atomic mass is 16.5. The van der Waals surface area contributed by atoms with E-state index in [4.69, 9.17) is 4.74 Å². The van der Waals surface area contributed by atoms with E-state index in [1.165, 1.54) is 11.1 Å². The smallest absolute Gasteiger partial charge is 0.326 e. The number of esters is 1. The average Bonchev–Trinajstić information content (AvgIpc) is 3.05. The van der Waals surface area contributed by atoms with Gasteiger partial charge in [0.2, 0.25) is 0 Å². The van der Waals surface area contributed by atoms with Crippen LogP contribution in [0.4, 0.5) is 0 Å². The highest BCUT2D eigenvalue weighted by molar-refractivity contribution is 5.81. The zero-order chi connectivity index (χ0) is 18.4. The van der Waals surface area contributed by atoms with Crippen LogP contribution in [0.25, 0.3) is 0 Å². The highest BCUT2D eigenvalue weighted by Gasteiger charge is 2.52. The van der Waals surface area contributed by atoms with E-state index in [1.54, 1.807) is 0 Å². The van der Waals surface area contributed by atoms with E-state index in [0.717, 1.165) is 32.4 Å². The second-order valence-electron chi connectivity index (χ2n) is 7.27. The zero-order valence-corrected chi connectivity index (χ0v) is 15.9. The Labute approximate surface area is 157 Å². The summed E-state index contributed by atoms with van der Waals surface area (Å²) in [6.07, 6.45) is 3.01. The third-order valence-corrected chi connectivity index (χ3v) is 5.64. The molecule has 2 aromatic carbocycles. The molecule has 0 radical (unpaired) electrons. The first-order chi connectivity index (χ1) is 12.7. The summed E-state index contributed by atoms with van der Waals surface area (Å²) in [4.78, 5) is 15.5. The summed E-state index contributed by atoms with van der Waals surface area (Å²) in [5.74, 6) is 0.228. The minimum Gasteiger partial charge on any atom is -0.465 e. The van der Waals surface area contributed by atoms with Crippen molar-refractivity contribution in [3.8, 4) is 0 Å². The Balaban J connectivity index is 1.97. The Morgan fingerprint density at radius 1 is 1.04 bits per heavy atom. The SMILES string of the molecule is CCOC(=O)C1(N(Cc2ccccc2)Cc2ccccc2)CCCC1C. The number of hydrogen-bond acceptors (Lipinski definition) is 3. The van der Waals surface area contributed by atoms with Gasteiger partial charge in [0.15, 0.2) is 0 Å². The molecule has 3 rings (SSSR count). The summed E-state index contributed by atoms with van der Waals surface area (Å²) < 4.78 is 5.58. The third kappa shape index (κ3) is 3.83. The predicted octanol–water partition coefficient (Wildman–Crippen LogP) is 4.81. The van der Waals surface area contributed by atoms with Gasteiger partial charge in [-0.2, -0.15) is 0 Å². The second kappa shape index (κ2) is 8.50. The van der Waals surface area contributed by atoms with Crippen LogP contribution in [-0.2, 0) is 22.6 Å². The summed E-state index contributed by atoms with van der Waals surface area (Å²) in [6.45, 7) is 6.02. The summed E-state index contributed by atoms with van der Waals surface area (Å²) in [5, 5.41) is 0. The molecular weight excluding hydrogens is 322 g/mol. The van der Waals surface area contributed by atoms with E-state index in [0.29, 0.717) is 6.61 Å². The van der Waals surface area contributed by atoms with Crippen molar-refractivity contribution < 1.29 is 9.53 Å². The molecule has 1 aliphatic rings. The molecule has 0 aromatic heterocycles. The van der Waals surface area contributed by atoms with E-state index < -0.39 is 5.54 Å². The molecule has 3 nitrogen and oxygen atoms in total. The first-order valence-electron chi connectivity index (χ1n) is 9.67. The monoisotopic (exact) mass is 351 g/mol. The van der Waals surface area contributed by atoms with Crippen LogP contribution in [0.15, 0.2) is 60.7 Å². The van der Waals surface area contributed by atoms with Crippen LogP contribution in [0.2, 0.25) is 0 Å². The summed E-state index contributed by atoms with van der Waals surface area (Å²) in [7, 11) is 0. The molecule has 1 aliphatic carbocycles. The fourth-order valence-corrected chi connectivity index (χ4v) is 4.27. The van der Waals surface area contributed by atoms with Crippen LogP contribution < -0.4 is 0 Å². The topological polar surface area (TPSA) is 29.5 Å². The molecule has 0 aliphatic heterocycles. The maximum Gasteiger partial charge on any atom is 0.326 e. The molecule has 2 unspecified atom stereocenters. The largest absolute Gasteiger partial charge is 0.465 e. The van der Waals surface area contributed by atoms with Crippen molar-refractivity contribution in [1.82, 2.24) is 4.90 Å². The first kappa shape index (κ1) is 18.7. The van der Waals surface area contributed by atoms with Crippen molar-refractivity contribution in [1.29, 1.82) is 0 Å².